The van der Waals surface area contributed by atoms with E-state index in [2.05, 4.69) is 25.3 Å². The standard InChI is InChI=1S/C33H30ClF3N8O6/c1-4-22-27(43-9-11-44(12-10-43)31(49)25-28(47)17(2)39-16-40-25)29(48)26-32(51-30(42-26)18-7-8-38-24(13-18)50-3)45(22)15-23(46)41-21-6-5-19(14-20(21)34)33(35,36)37/h5-8,13-14,16,47H,4,9-12,15H2,1-3H3,(H,41,46). The van der Waals surface area contributed by atoms with Crippen molar-refractivity contribution in [3.05, 3.63) is 80.7 Å². The van der Waals surface area contributed by atoms with Crippen LogP contribution in [-0.2, 0) is 23.9 Å². The molecule has 2 N–H and O–H groups in total. The zero-order valence-electron chi connectivity index (χ0n) is 27.4. The number of ether oxygens (including phenoxy) is 1. The van der Waals surface area contributed by atoms with Crippen LogP contribution >= 0.6 is 11.6 Å². The molecule has 0 spiro atoms. The van der Waals surface area contributed by atoms with Gasteiger partial charge >= 0.3 is 6.18 Å². The number of aromatic nitrogens is 5. The van der Waals surface area contributed by atoms with E-state index in [0.717, 1.165) is 12.1 Å². The zero-order valence-corrected chi connectivity index (χ0v) is 28.2. The van der Waals surface area contributed by atoms with Crippen LogP contribution in [0.25, 0.3) is 22.7 Å². The van der Waals surface area contributed by atoms with Gasteiger partial charge < -0.3 is 33.9 Å². The molecule has 1 fully saturated rings. The molecule has 0 aliphatic carbocycles. The van der Waals surface area contributed by atoms with E-state index in [1.807, 2.05) is 0 Å². The Hall–Kier alpha value is -5.71. The second-order valence-corrected chi connectivity index (χ2v) is 11.9. The molecular weight excluding hydrogens is 697 g/mol. The molecular formula is C33H30ClF3N8O6. The maximum atomic E-state index is 14.2. The van der Waals surface area contributed by atoms with Gasteiger partial charge in [0.15, 0.2) is 17.0 Å². The first-order valence-electron chi connectivity index (χ1n) is 15.6. The average molecular weight is 727 g/mol. The monoisotopic (exact) mass is 726 g/mol. The maximum Gasteiger partial charge on any atom is 0.416 e. The Morgan fingerprint density at radius 1 is 1.10 bits per heavy atom. The van der Waals surface area contributed by atoms with E-state index in [4.69, 9.17) is 20.8 Å². The number of nitrogens with one attached hydrogen (secondary N) is 1. The van der Waals surface area contributed by atoms with Crippen LogP contribution in [0.5, 0.6) is 11.6 Å². The first-order valence-corrected chi connectivity index (χ1v) is 16.0. The fourth-order valence-electron chi connectivity index (χ4n) is 5.80. The molecule has 0 unspecified atom stereocenters. The SMILES string of the molecule is CCc1c(N2CCN(C(=O)c3ncnc(C)c3O)CC2)c(=O)c2nc(-c3ccnc(OC)c3)oc2n1CC(=O)Nc1ccc(C(F)(F)F)cc1Cl. The highest BCUT2D eigenvalue weighted by atomic mass is 35.5. The smallest absolute Gasteiger partial charge is 0.416 e. The number of oxazole rings is 1. The molecule has 266 valence electrons. The summed E-state index contributed by atoms with van der Waals surface area (Å²) >= 11 is 6.11. The summed E-state index contributed by atoms with van der Waals surface area (Å²) in [6.45, 7) is 3.69. The third kappa shape index (κ3) is 6.88. The summed E-state index contributed by atoms with van der Waals surface area (Å²) in [6.07, 6.45) is -1.71. The molecule has 5 aromatic rings. The quantitative estimate of drug-likeness (QED) is 0.227. The number of pyridine rings is 2. The summed E-state index contributed by atoms with van der Waals surface area (Å²) in [5.74, 6) is -1.14. The number of benzene rings is 1. The number of hydrogen-bond acceptors (Lipinski definition) is 11. The number of carbonyl (C=O) groups is 2. The third-order valence-corrected chi connectivity index (χ3v) is 8.69. The molecule has 1 aromatic carbocycles. The number of halogens is 4. The van der Waals surface area contributed by atoms with Gasteiger partial charge in [-0.15, -0.1) is 0 Å². The van der Waals surface area contributed by atoms with Crippen LogP contribution in [0.1, 0.15) is 34.4 Å². The molecule has 1 aliphatic rings. The van der Waals surface area contributed by atoms with Crippen LogP contribution in [0.3, 0.4) is 0 Å². The highest BCUT2D eigenvalue weighted by molar-refractivity contribution is 6.33. The van der Waals surface area contributed by atoms with Gasteiger partial charge in [-0.3, -0.25) is 14.4 Å². The second-order valence-electron chi connectivity index (χ2n) is 11.5. The molecule has 51 heavy (non-hydrogen) atoms. The molecule has 0 bridgehead atoms. The van der Waals surface area contributed by atoms with Gasteiger partial charge in [0.1, 0.15) is 18.6 Å². The summed E-state index contributed by atoms with van der Waals surface area (Å²) in [6, 6.07) is 5.75. The van der Waals surface area contributed by atoms with Gasteiger partial charge in [-0.1, -0.05) is 18.5 Å². The van der Waals surface area contributed by atoms with Crippen LogP contribution in [-0.4, -0.2) is 79.6 Å². The zero-order chi connectivity index (χ0) is 36.6. The molecule has 0 atom stereocenters. The largest absolute Gasteiger partial charge is 0.504 e. The lowest BCUT2D eigenvalue weighted by atomic mass is 10.1. The minimum atomic E-state index is -4.63. The summed E-state index contributed by atoms with van der Waals surface area (Å²) in [7, 11) is 1.44. The Morgan fingerprint density at radius 3 is 2.51 bits per heavy atom. The van der Waals surface area contributed by atoms with Crippen molar-refractivity contribution in [3.63, 3.8) is 0 Å². The maximum absolute atomic E-state index is 14.2. The number of anilines is 2. The second kappa shape index (κ2) is 13.9. The molecule has 14 nitrogen and oxygen atoms in total. The number of aromatic hydroxyl groups is 1. The minimum absolute atomic E-state index is 0.0107. The number of carbonyl (C=O) groups excluding carboxylic acids is 2. The predicted octanol–water partition coefficient (Wildman–Crippen LogP) is 4.70. The number of rotatable bonds is 8. The predicted molar refractivity (Wildman–Crippen MR) is 179 cm³/mol. The van der Waals surface area contributed by atoms with E-state index in [9.17, 15) is 32.7 Å². The van der Waals surface area contributed by atoms with Crippen molar-refractivity contribution in [1.29, 1.82) is 0 Å². The Kier molecular flexibility index (Phi) is 9.57. The lowest BCUT2D eigenvalue weighted by Gasteiger charge is -2.36. The van der Waals surface area contributed by atoms with E-state index < -0.39 is 35.5 Å². The Bertz CT molecular complexity index is 2220. The fraction of sp³-hybridized carbons (Fsp3) is 0.303. The summed E-state index contributed by atoms with van der Waals surface area (Å²) in [5, 5.41) is 12.6. The lowest BCUT2D eigenvalue weighted by Crippen LogP contribution is -2.50. The molecule has 0 radical (unpaired) electrons. The normalized spacial score (nSPS) is 13.5. The average Bonchev–Trinajstić information content (AvgIpc) is 3.57. The highest BCUT2D eigenvalue weighted by Gasteiger charge is 2.32. The first-order chi connectivity index (χ1) is 24.3. The summed E-state index contributed by atoms with van der Waals surface area (Å²) in [4.78, 5) is 60.7. The van der Waals surface area contributed by atoms with E-state index in [1.165, 1.54) is 29.1 Å². The number of hydrogen-bond donors (Lipinski definition) is 2. The summed E-state index contributed by atoms with van der Waals surface area (Å²) < 4.78 is 52.4. The molecule has 4 aromatic heterocycles. The van der Waals surface area contributed by atoms with Gasteiger partial charge in [0.2, 0.25) is 28.8 Å². The Balaban J connectivity index is 1.38. The van der Waals surface area contributed by atoms with Gasteiger partial charge in [0.05, 0.1) is 29.1 Å². The van der Waals surface area contributed by atoms with Crippen LogP contribution < -0.4 is 20.4 Å². The van der Waals surface area contributed by atoms with Gasteiger partial charge in [-0.2, -0.15) is 13.2 Å². The topological polar surface area (TPSA) is 169 Å². The number of aryl methyl sites for hydroxylation is 1. The van der Waals surface area contributed by atoms with Crippen LogP contribution in [0.15, 0.2) is 52.1 Å². The summed E-state index contributed by atoms with van der Waals surface area (Å²) in [5.41, 5.74) is -0.339. The van der Waals surface area contributed by atoms with Gasteiger partial charge in [0, 0.05) is 49.7 Å². The van der Waals surface area contributed by atoms with Crippen molar-refractivity contribution in [2.45, 2.75) is 33.0 Å². The van der Waals surface area contributed by atoms with Crippen molar-refractivity contribution in [3.8, 4) is 23.1 Å². The van der Waals surface area contributed by atoms with Crippen molar-refractivity contribution in [2.24, 2.45) is 0 Å². The molecule has 0 saturated carbocycles. The van der Waals surface area contributed by atoms with Crippen molar-refractivity contribution in [1.82, 2.24) is 29.4 Å². The molecule has 2 amide bonds. The number of nitrogens with zero attached hydrogens (tertiary/aromatic N) is 7. The molecule has 18 heteroatoms. The van der Waals surface area contributed by atoms with E-state index in [0.29, 0.717) is 17.3 Å². The number of methoxy groups -OCH3 is 1. The lowest BCUT2D eigenvalue weighted by molar-refractivity contribution is -0.137. The molecule has 1 saturated heterocycles. The van der Waals surface area contributed by atoms with Crippen LogP contribution in [0.4, 0.5) is 24.5 Å². The Morgan fingerprint density at radius 2 is 1.84 bits per heavy atom. The first kappa shape index (κ1) is 35.1. The van der Waals surface area contributed by atoms with Gasteiger partial charge in [-0.25, -0.2) is 19.9 Å². The third-order valence-electron chi connectivity index (χ3n) is 8.37. The minimum Gasteiger partial charge on any atom is -0.504 e. The highest BCUT2D eigenvalue weighted by Crippen LogP contribution is 2.34. The van der Waals surface area contributed by atoms with E-state index in [-0.39, 0.29) is 89.1 Å². The van der Waals surface area contributed by atoms with Crippen LogP contribution in [0.2, 0.25) is 5.02 Å². The van der Waals surface area contributed by atoms with Crippen molar-refractivity contribution >= 4 is 46.0 Å². The number of piperazine rings is 1. The Labute approximate surface area is 292 Å². The number of alkyl halides is 3. The number of amides is 2. The van der Waals surface area contributed by atoms with E-state index >= 15 is 0 Å². The molecule has 1 aliphatic heterocycles. The van der Waals surface area contributed by atoms with Crippen molar-refractivity contribution in [2.75, 3.05) is 43.5 Å². The van der Waals surface area contributed by atoms with Gasteiger partial charge in [0.25, 0.3) is 5.91 Å². The van der Waals surface area contributed by atoms with Crippen molar-refractivity contribution < 1.29 is 37.0 Å². The number of fused-ring (bicyclic) bond motifs is 1. The molecule has 5 heterocycles. The molecule has 6 rings (SSSR count). The van der Waals surface area contributed by atoms with Crippen LogP contribution in [0, 0.1) is 6.92 Å². The fourth-order valence-corrected chi connectivity index (χ4v) is 6.03. The van der Waals surface area contributed by atoms with E-state index in [1.54, 1.807) is 30.9 Å². The van der Waals surface area contributed by atoms with Gasteiger partial charge in [-0.05, 0) is 37.6 Å².